The van der Waals surface area contributed by atoms with E-state index < -0.39 is 0 Å². The van der Waals surface area contributed by atoms with Crippen LogP contribution in [0, 0.1) is 13.8 Å². The summed E-state index contributed by atoms with van der Waals surface area (Å²) in [6.45, 7) is 4.21. The van der Waals surface area contributed by atoms with E-state index in [1.54, 1.807) is 14.2 Å². The molecule has 1 aromatic carbocycles. The largest absolute Gasteiger partial charge is 0.493 e. The first-order chi connectivity index (χ1) is 9.03. The molecule has 0 amide bonds. The van der Waals surface area contributed by atoms with Crippen LogP contribution < -0.4 is 15.2 Å². The minimum absolute atomic E-state index is 0.202. The van der Waals surface area contributed by atoms with Gasteiger partial charge >= 0.3 is 0 Å². The highest BCUT2D eigenvalue weighted by Crippen LogP contribution is 2.42. The molecule has 0 bridgehead atoms. The van der Waals surface area contributed by atoms with E-state index in [1.165, 1.54) is 30.4 Å². The summed E-state index contributed by atoms with van der Waals surface area (Å²) < 4.78 is 10.9. The zero-order valence-corrected chi connectivity index (χ0v) is 12.5. The molecule has 3 heteroatoms. The summed E-state index contributed by atoms with van der Waals surface area (Å²) in [5, 5.41) is 0. The molecule has 0 radical (unpaired) electrons. The average Bonchev–Trinajstić information content (AvgIpc) is 2.42. The first kappa shape index (κ1) is 14.2. The fourth-order valence-electron chi connectivity index (χ4n) is 3.24. The lowest BCUT2D eigenvalue weighted by molar-refractivity contribution is 0.297. The predicted molar refractivity (Wildman–Crippen MR) is 78.0 cm³/mol. The van der Waals surface area contributed by atoms with Crippen LogP contribution in [0.3, 0.4) is 0 Å². The summed E-state index contributed by atoms with van der Waals surface area (Å²) in [4.78, 5) is 0. The molecule has 0 aromatic heterocycles. The monoisotopic (exact) mass is 263 g/mol. The zero-order chi connectivity index (χ0) is 14.0. The Kier molecular flexibility index (Phi) is 4.04. The lowest BCUT2D eigenvalue weighted by atomic mass is 9.75. The van der Waals surface area contributed by atoms with Crippen molar-refractivity contribution >= 4 is 0 Å². The number of rotatable bonds is 3. The second kappa shape index (κ2) is 5.41. The van der Waals surface area contributed by atoms with Gasteiger partial charge in [-0.15, -0.1) is 0 Å². The molecule has 1 fully saturated rings. The van der Waals surface area contributed by atoms with Gasteiger partial charge < -0.3 is 15.2 Å². The first-order valence-electron chi connectivity index (χ1n) is 7.05. The van der Waals surface area contributed by atoms with E-state index >= 15 is 0 Å². The number of ether oxygens (including phenoxy) is 2. The smallest absolute Gasteiger partial charge is 0.163 e. The van der Waals surface area contributed by atoms with Gasteiger partial charge in [-0.05, 0) is 49.4 Å². The predicted octanol–water partition coefficient (Wildman–Crippen LogP) is 3.44. The van der Waals surface area contributed by atoms with Crippen molar-refractivity contribution in [1.29, 1.82) is 0 Å². The topological polar surface area (TPSA) is 44.5 Å². The Labute approximate surface area is 116 Å². The van der Waals surface area contributed by atoms with Crippen LogP contribution >= 0.6 is 0 Å². The average molecular weight is 263 g/mol. The van der Waals surface area contributed by atoms with Crippen LogP contribution in [0.5, 0.6) is 11.5 Å². The molecule has 3 nitrogen and oxygen atoms in total. The standard InChI is InChI=1S/C16H25NO2/c1-11-12(2)15(19-4)14(18-3)10-13(11)16(17)8-6-5-7-9-16/h10H,5-9,17H2,1-4H3. The normalized spacial score (nSPS) is 18.2. The third-order valence-electron chi connectivity index (χ3n) is 4.51. The quantitative estimate of drug-likeness (QED) is 0.908. The molecule has 0 unspecified atom stereocenters. The Morgan fingerprint density at radius 1 is 1.00 bits per heavy atom. The van der Waals surface area contributed by atoms with Crippen LogP contribution in [-0.4, -0.2) is 14.2 Å². The molecular formula is C16H25NO2. The summed E-state index contributed by atoms with van der Waals surface area (Å²) in [5.41, 5.74) is 10.1. The van der Waals surface area contributed by atoms with Crippen LogP contribution in [0.1, 0.15) is 48.8 Å². The van der Waals surface area contributed by atoms with Crippen molar-refractivity contribution in [2.45, 2.75) is 51.5 Å². The Bertz CT molecular complexity index is 462. The van der Waals surface area contributed by atoms with Gasteiger partial charge in [0.05, 0.1) is 14.2 Å². The fourth-order valence-corrected chi connectivity index (χ4v) is 3.24. The highest BCUT2D eigenvalue weighted by atomic mass is 16.5. The van der Waals surface area contributed by atoms with Crippen molar-refractivity contribution < 1.29 is 9.47 Å². The third-order valence-corrected chi connectivity index (χ3v) is 4.51. The van der Waals surface area contributed by atoms with Crippen molar-refractivity contribution in [3.05, 3.63) is 22.8 Å². The molecule has 19 heavy (non-hydrogen) atoms. The van der Waals surface area contributed by atoms with Crippen LogP contribution in [-0.2, 0) is 5.54 Å². The summed E-state index contributed by atoms with van der Waals surface area (Å²) in [5.74, 6) is 1.61. The lowest BCUT2D eigenvalue weighted by Gasteiger charge is -2.36. The molecule has 0 aliphatic heterocycles. The van der Waals surface area contributed by atoms with Crippen molar-refractivity contribution in [3.63, 3.8) is 0 Å². The van der Waals surface area contributed by atoms with E-state index in [-0.39, 0.29) is 5.54 Å². The molecule has 1 aliphatic rings. The highest BCUT2D eigenvalue weighted by molar-refractivity contribution is 5.55. The molecule has 0 heterocycles. The molecular weight excluding hydrogens is 238 g/mol. The van der Waals surface area contributed by atoms with E-state index in [0.717, 1.165) is 29.9 Å². The van der Waals surface area contributed by atoms with Gasteiger partial charge in [0, 0.05) is 5.54 Å². The second-order valence-electron chi connectivity index (χ2n) is 5.63. The van der Waals surface area contributed by atoms with Crippen molar-refractivity contribution in [3.8, 4) is 11.5 Å². The Balaban J connectivity index is 2.54. The van der Waals surface area contributed by atoms with Gasteiger partial charge in [0.1, 0.15) is 0 Å². The molecule has 106 valence electrons. The molecule has 0 spiro atoms. The van der Waals surface area contributed by atoms with E-state index in [4.69, 9.17) is 15.2 Å². The third kappa shape index (κ3) is 2.44. The maximum Gasteiger partial charge on any atom is 0.163 e. The molecule has 2 rings (SSSR count). The summed E-state index contributed by atoms with van der Waals surface area (Å²) in [6, 6.07) is 2.08. The van der Waals surface area contributed by atoms with Gasteiger partial charge in [-0.25, -0.2) is 0 Å². The van der Waals surface area contributed by atoms with Crippen molar-refractivity contribution in [2.75, 3.05) is 14.2 Å². The van der Waals surface area contributed by atoms with E-state index in [9.17, 15) is 0 Å². The van der Waals surface area contributed by atoms with Gasteiger partial charge in [-0.3, -0.25) is 0 Å². The number of methoxy groups -OCH3 is 2. The maximum atomic E-state index is 6.67. The van der Waals surface area contributed by atoms with Crippen molar-refractivity contribution in [1.82, 2.24) is 0 Å². The molecule has 0 atom stereocenters. The van der Waals surface area contributed by atoms with E-state index in [0.29, 0.717) is 0 Å². The van der Waals surface area contributed by atoms with Crippen LogP contribution in [0.25, 0.3) is 0 Å². The Morgan fingerprint density at radius 3 is 2.16 bits per heavy atom. The zero-order valence-electron chi connectivity index (χ0n) is 12.5. The van der Waals surface area contributed by atoms with Gasteiger partial charge in [0.2, 0.25) is 0 Å². The number of nitrogens with two attached hydrogens (primary N) is 1. The second-order valence-corrected chi connectivity index (χ2v) is 5.63. The summed E-state index contributed by atoms with van der Waals surface area (Å²) in [6.07, 6.45) is 5.84. The molecule has 1 saturated carbocycles. The van der Waals surface area contributed by atoms with Crippen LogP contribution in [0.15, 0.2) is 6.07 Å². The van der Waals surface area contributed by atoms with Crippen LogP contribution in [0.2, 0.25) is 0 Å². The number of benzene rings is 1. The maximum absolute atomic E-state index is 6.67. The number of hydrogen-bond acceptors (Lipinski definition) is 3. The Hall–Kier alpha value is -1.22. The summed E-state index contributed by atoms with van der Waals surface area (Å²) in [7, 11) is 3.36. The van der Waals surface area contributed by atoms with Gasteiger partial charge in [0.25, 0.3) is 0 Å². The minimum atomic E-state index is -0.202. The number of hydrogen-bond donors (Lipinski definition) is 1. The van der Waals surface area contributed by atoms with Gasteiger partial charge in [-0.1, -0.05) is 19.3 Å². The minimum Gasteiger partial charge on any atom is -0.493 e. The van der Waals surface area contributed by atoms with Gasteiger partial charge in [0.15, 0.2) is 11.5 Å². The highest BCUT2D eigenvalue weighted by Gasteiger charge is 2.32. The molecule has 1 aliphatic carbocycles. The van der Waals surface area contributed by atoms with Crippen molar-refractivity contribution in [2.24, 2.45) is 5.73 Å². The van der Waals surface area contributed by atoms with E-state index in [1.807, 2.05) is 0 Å². The molecule has 1 aromatic rings. The fraction of sp³-hybridized carbons (Fsp3) is 0.625. The molecule has 2 N–H and O–H groups in total. The van der Waals surface area contributed by atoms with E-state index in [2.05, 4.69) is 19.9 Å². The van der Waals surface area contributed by atoms with Crippen LogP contribution in [0.4, 0.5) is 0 Å². The molecule has 0 saturated heterocycles. The first-order valence-corrected chi connectivity index (χ1v) is 7.05. The SMILES string of the molecule is COc1cc(C2(N)CCCCC2)c(C)c(C)c1OC. The lowest BCUT2D eigenvalue weighted by Crippen LogP contribution is -2.39. The van der Waals surface area contributed by atoms with Gasteiger partial charge in [-0.2, -0.15) is 0 Å². The Morgan fingerprint density at radius 2 is 1.63 bits per heavy atom. The summed E-state index contributed by atoms with van der Waals surface area (Å²) >= 11 is 0.